The largest absolute Gasteiger partial charge is 0.240 e. The fourth-order valence-corrected chi connectivity index (χ4v) is 3.38. The molecule has 21 heavy (non-hydrogen) atoms. The summed E-state index contributed by atoms with van der Waals surface area (Å²) >= 11 is 7.44. The first-order valence-corrected chi connectivity index (χ1v) is 9.43. The lowest BCUT2D eigenvalue weighted by Gasteiger charge is -2.22. The Hall–Kier alpha value is -0.820. The predicted octanol–water partition coefficient (Wildman–Crippen LogP) is 3.31. The van der Waals surface area contributed by atoms with Crippen LogP contribution in [-0.2, 0) is 10.0 Å². The van der Waals surface area contributed by atoms with Gasteiger partial charge in [0.2, 0.25) is 10.0 Å². The highest BCUT2D eigenvalue weighted by molar-refractivity contribution is 8.00. The van der Waals surface area contributed by atoms with Crippen LogP contribution >= 0.6 is 23.4 Å². The van der Waals surface area contributed by atoms with Crippen molar-refractivity contribution < 1.29 is 8.42 Å². The van der Waals surface area contributed by atoms with Crippen LogP contribution in [0.25, 0.3) is 10.9 Å². The average Bonchev–Trinajstić information content (AvgIpc) is 2.45. The molecule has 0 bridgehead atoms. The fraction of sp³-hybridized carbons (Fsp3) is 0.357. The molecule has 1 N–H and O–H groups in total. The molecule has 1 heterocycles. The van der Waals surface area contributed by atoms with E-state index in [4.69, 9.17) is 11.6 Å². The third kappa shape index (κ3) is 4.10. The lowest BCUT2D eigenvalue weighted by atomic mass is 10.2. The summed E-state index contributed by atoms with van der Waals surface area (Å²) < 4.78 is 27.2. The molecule has 0 radical (unpaired) electrons. The summed E-state index contributed by atoms with van der Waals surface area (Å²) in [5, 5.41) is 1.13. The summed E-state index contributed by atoms with van der Waals surface area (Å²) in [5.41, 5.74) is 0.672. The van der Waals surface area contributed by atoms with Crippen molar-refractivity contribution in [2.45, 2.75) is 23.5 Å². The third-order valence-electron chi connectivity index (χ3n) is 3.18. The first-order valence-electron chi connectivity index (χ1n) is 6.35. The number of pyridine rings is 1. The van der Waals surface area contributed by atoms with E-state index in [1.54, 1.807) is 42.1 Å². The van der Waals surface area contributed by atoms with Crippen LogP contribution in [0.2, 0.25) is 5.15 Å². The number of hydrogen-bond acceptors (Lipinski definition) is 4. The maximum absolute atomic E-state index is 12.3. The summed E-state index contributed by atoms with van der Waals surface area (Å²) in [6.07, 6.45) is 1.96. The molecule has 0 saturated carbocycles. The molecule has 0 unspecified atom stereocenters. The van der Waals surface area contributed by atoms with Gasteiger partial charge in [-0.2, -0.15) is 11.8 Å². The van der Waals surface area contributed by atoms with Gasteiger partial charge in [-0.1, -0.05) is 11.6 Å². The number of sulfonamides is 1. The minimum Gasteiger partial charge on any atom is -0.236 e. The van der Waals surface area contributed by atoms with Crippen LogP contribution in [0, 0.1) is 0 Å². The minimum absolute atomic E-state index is 0.154. The standard InChI is InChI=1S/C14H17ClN2O2S2/c1-14(2,20-3)9-16-21(18,19)11-5-6-12-10(8-11)4-7-13(15)17-12/h4-8,16H,9H2,1-3H3. The molecule has 2 aromatic rings. The summed E-state index contributed by atoms with van der Waals surface area (Å²) in [5.74, 6) is 0. The Kier molecular flexibility index (Phi) is 4.82. The predicted molar refractivity (Wildman–Crippen MR) is 89.5 cm³/mol. The van der Waals surface area contributed by atoms with Gasteiger partial charge < -0.3 is 0 Å². The van der Waals surface area contributed by atoms with Gasteiger partial charge in [-0.25, -0.2) is 18.1 Å². The zero-order valence-electron chi connectivity index (χ0n) is 12.1. The van der Waals surface area contributed by atoms with Gasteiger partial charge in [-0.15, -0.1) is 0 Å². The summed E-state index contributed by atoms with van der Waals surface area (Å²) in [7, 11) is -3.53. The van der Waals surface area contributed by atoms with Crippen molar-refractivity contribution in [3.05, 3.63) is 35.5 Å². The number of halogens is 1. The Labute approximate surface area is 134 Å². The van der Waals surface area contributed by atoms with Crippen molar-refractivity contribution in [2.75, 3.05) is 12.8 Å². The van der Waals surface area contributed by atoms with Crippen LogP contribution < -0.4 is 4.72 Å². The van der Waals surface area contributed by atoms with Gasteiger partial charge in [0.25, 0.3) is 0 Å². The molecule has 0 amide bonds. The van der Waals surface area contributed by atoms with E-state index in [9.17, 15) is 8.42 Å². The second-order valence-corrected chi connectivity index (χ2v) is 8.94. The van der Waals surface area contributed by atoms with Gasteiger partial charge >= 0.3 is 0 Å². The van der Waals surface area contributed by atoms with E-state index < -0.39 is 10.0 Å². The second-order valence-electron chi connectivity index (χ2n) is 5.28. The minimum atomic E-state index is -3.53. The maximum atomic E-state index is 12.3. The van der Waals surface area contributed by atoms with Gasteiger partial charge in [0.1, 0.15) is 5.15 Å². The van der Waals surface area contributed by atoms with Crippen LogP contribution in [0.15, 0.2) is 35.2 Å². The van der Waals surface area contributed by atoms with Crippen molar-refractivity contribution in [1.29, 1.82) is 0 Å². The molecular formula is C14H17ClN2O2S2. The average molecular weight is 345 g/mol. The quantitative estimate of drug-likeness (QED) is 0.845. The Balaban J connectivity index is 2.30. The van der Waals surface area contributed by atoms with Crippen molar-refractivity contribution in [3.8, 4) is 0 Å². The summed E-state index contributed by atoms with van der Waals surface area (Å²) in [6.45, 7) is 4.35. The number of hydrogen-bond donors (Lipinski definition) is 1. The highest BCUT2D eigenvalue weighted by Crippen LogP contribution is 2.22. The molecule has 0 aliphatic carbocycles. The number of benzene rings is 1. The number of thioether (sulfide) groups is 1. The molecule has 0 saturated heterocycles. The van der Waals surface area contributed by atoms with E-state index >= 15 is 0 Å². The van der Waals surface area contributed by atoms with E-state index in [0.29, 0.717) is 17.2 Å². The van der Waals surface area contributed by atoms with E-state index in [-0.39, 0.29) is 9.64 Å². The number of nitrogens with zero attached hydrogens (tertiary/aromatic N) is 1. The molecule has 4 nitrogen and oxygen atoms in total. The molecule has 114 valence electrons. The number of nitrogens with one attached hydrogen (secondary N) is 1. The van der Waals surface area contributed by atoms with Crippen molar-refractivity contribution >= 4 is 44.3 Å². The molecule has 2 rings (SSSR count). The van der Waals surface area contributed by atoms with E-state index in [1.165, 1.54) is 0 Å². The van der Waals surface area contributed by atoms with Crippen LogP contribution in [0.5, 0.6) is 0 Å². The highest BCUT2D eigenvalue weighted by atomic mass is 35.5. The summed E-state index contributed by atoms with van der Waals surface area (Å²) in [4.78, 5) is 4.38. The zero-order chi connectivity index (χ0) is 15.7. The molecule has 0 aliphatic heterocycles. The van der Waals surface area contributed by atoms with Crippen molar-refractivity contribution in [3.63, 3.8) is 0 Å². The van der Waals surface area contributed by atoms with Crippen LogP contribution in [0.4, 0.5) is 0 Å². The molecule has 1 aromatic carbocycles. The zero-order valence-corrected chi connectivity index (χ0v) is 14.4. The van der Waals surface area contributed by atoms with Crippen molar-refractivity contribution in [1.82, 2.24) is 9.71 Å². The van der Waals surface area contributed by atoms with Gasteiger partial charge in [-0.3, -0.25) is 0 Å². The van der Waals surface area contributed by atoms with Crippen molar-refractivity contribution in [2.24, 2.45) is 0 Å². The first kappa shape index (κ1) is 16.5. The Bertz CT molecular complexity index is 761. The van der Waals surface area contributed by atoms with Gasteiger partial charge in [-0.05, 0) is 50.4 Å². The second kappa shape index (κ2) is 6.12. The Morgan fingerprint density at radius 3 is 2.67 bits per heavy atom. The Morgan fingerprint density at radius 1 is 1.29 bits per heavy atom. The lowest BCUT2D eigenvalue weighted by molar-refractivity contribution is 0.571. The number of aromatic nitrogens is 1. The van der Waals surface area contributed by atoms with Gasteiger partial charge in [0.15, 0.2) is 0 Å². The smallest absolute Gasteiger partial charge is 0.236 e. The van der Waals surface area contributed by atoms with Crippen LogP contribution in [0.1, 0.15) is 13.8 Å². The molecule has 0 spiro atoms. The number of fused-ring (bicyclic) bond motifs is 1. The fourth-order valence-electron chi connectivity index (χ4n) is 1.67. The lowest BCUT2D eigenvalue weighted by Crippen LogP contribution is -2.36. The normalized spacial score (nSPS) is 12.8. The van der Waals surface area contributed by atoms with E-state index in [0.717, 1.165) is 5.39 Å². The maximum Gasteiger partial charge on any atom is 0.240 e. The molecule has 0 aliphatic rings. The van der Waals surface area contributed by atoms with Crippen LogP contribution in [0.3, 0.4) is 0 Å². The van der Waals surface area contributed by atoms with Gasteiger partial charge in [0.05, 0.1) is 10.4 Å². The molecule has 0 fully saturated rings. The molecule has 0 atom stereocenters. The third-order valence-corrected chi connectivity index (χ3v) is 6.04. The topological polar surface area (TPSA) is 59.1 Å². The summed E-state index contributed by atoms with van der Waals surface area (Å²) in [6, 6.07) is 8.21. The molecule has 1 aromatic heterocycles. The van der Waals surface area contributed by atoms with E-state index in [2.05, 4.69) is 9.71 Å². The van der Waals surface area contributed by atoms with Gasteiger partial charge in [0, 0.05) is 16.7 Å². The Morgan fingerprint density at radius 2 is 2.00 bits per heavy atom. The van der Waals surface area contributed by atoms with Crippen LogP contribution in [-0.4, -0.2) is 30.9 Å². The molecular weight excluding hydrogens is 328 g/mol. The highest BCUT2D eigenvalue weighted by Gasteiger charge is 2.21. The SMILES string of the molecule is CSC(C)(C)CNS(=O)(=O)c1ccc2nc(Cl)ccc2c1. The first-order chi connectivity index (χ1) is 9.73. The monoisotopic (exact) mass is 344 g/mol. The molecule has 7 heteroatoms. The van der Waals surface area contributed by atoms with E-state index in [1.807, 2.05) is 20.1 Å². The number of rotatable bonds is 5.